The molecule has 0 aliphatic carbocycles. The molecule has 1 aliphatic rings. The van der Waals surface area contributed by atoms with Crippen molar-refractivity contribution in [3.63, 3.8) is 0 Å². The van der Waals surface area contributed by atoms with Crippen molar-refractivity contribution in [3.8, 4) is 0 Å². The molecule has 1 amide bonds. The molecule has 0 fully saturated rings. The summed E-state index contributed by atoms with van der Waals surface area (Å²) in [6.07, 6.45) is 4.45. The van der Waals surface area contributed by atoms with Crippen molar-refractivity contribution in [2.45, 2.75) is 27.2 Å². The first-order valence-electron chi connectivity index (χ1n) is 6.59. The van der Waals surface area contributed by atoms with E-state index >= 15 is 0 Å². The first-order chi connectivity index (χ1) is 9.29. The van der Waals surface area contributed by atoms with Gasteiger partial charge in [0, 0.05) is 19.3 Å². The fourth-order valence-corrected chi connectivity index (χ4v) is 2.62. The number of nitrogens with zero attached hydrogens (tertiary/aromatic N) is 2. The Labute approximate surface area is 129 Å². The van der Waals surface area contributed by atoms with Gasteiger partial charge in [-0.1, -0.05) is 55.6 Å². The Kier molecular flexibility index (Phi) is 4.40. The van der Waals surface area contributed by atoms with Crippen molar-refractivity contribution in [1.29, 1.82) is 0 Å². The average molecular weight is 313 g/mol. The monoisotopic (exact) mass is 312 g/mol. The number of pyridine rings is 1. The molecule has 0 unspecified atom stereocenters. The Balaban J connectivity index is 2.17. The van der Waals surface area contributed by atoms with Crippen LogP contribution in [0.5, 0.6) is 0 Å². The molecule has 2 rings (SSSR count). The third kappa shape index (κ3) is 3.33. The zero-order valence-corrected chi connectivity index (χ0v) is 13.4. The van der Waals surface area contributed by atoms with Crippen molar-refractivity contribution in [1.82, 2.24) is 9.88 Å². The Bertz CT molecular complexity index is 561. The molecular formula is C15H18Cl2N2O. The standard InChI is InChI=1S/C15H18Cl2N2O/c1-15(2,3)10-4-6-19(7-5-10)14(20)11-8-13(17)18-9-12(11)16/h4,8-9H,5-7H2,1-3H3. The van der Waals surface area contributed by atoms with E-state index in [0.717, 1.165) is 6.42 Å². The van der Waals surface area contributed by atoms with Gasteiger partial charge in [0.2, 0.25) is 0 Å². The van der Waals surface area contributed by atoms with Gasteiger partial charge in [-0.2, -0.15) is 0 Å². The van der Waals surface area contributed by atoms with Gasteiger partial charge in [-0.25, -0.2) is 4.98 Å². The van der Waals surface area contributed by atoms with Gasteiger partial charge in [-0.05, 0) is 17.9 Å². The molecule has 0 spiro atoms. The first-order valence-corrected chi connectivity index (χ1v) is 7.34. The lowest BCUT2D eigenvalue weighted by Gasteiger charge is -2.32. The minimum atomic E-state index is -0.0940. The highest BCUT2D eigenvalue weighted by Crippen LogP contribution is 2.31. The number of carbonyl (C=O) groups is 1. The van der Waals surface area contributed by atoms with Crippen molar-refractivity contribution < 1.29 is 4.79 Å². The number of hydrogen-bond acceptors (Lipinski definition) is 2. The molecule has 0 atom stereocenters. The van der Waals surface area contributed by atoms with E-state index in [9.17, 15) is 4.79 Å². The highest BCUT2D eigenvalue weighted by molar-refractivity contribution is 6.35. The quantitative estimate of drug-likeness (QED) is 0.575. The zero-order chi connectivity index (χ0) is 14.9. The normalized spacial score (nSPS) is 16.1. The summed E-state index contributed by atoms with van der Waals surface area (Å²) in [5.74, 6) is -0.0940. The van der Waals surface area contributed by atoms with Gasteiger partial charge >= 0.3 is 0 Å². The second kappa shape index (κ2) is 5.74. The molecule has 20 heavy (non-hydrogen) atoms. The van der Waals surface area contributed by atoms with Gasteiger partial charge < -0.3 is 4.90 Å². The third-order valence-electron chi connectivity index (χ3n) is 3.51. The summed E-state index contributed by atoms with van der Waals surface area (Å²) in [6, 6.07) is 1.52. The van der Waals surface area contributed by atoms with Crippen LogP contribution in [0.25, 0.3) is 0 Å². The molecule has 3 nitrogen and oxygen atoms in total. The van der Waals surface area contributed by atoms with Crippen LogP contribution in [0.2, 0.25) is 10.2 Å². The summed E-state index contributed by atoms with van der Waals surface area (Å²) in [5.41, 5.74) is 1.96. The van der Waals surface area contributed by atoms with Crippen LogP contribution in [0, 0.1) is 5.41 Å². The van der Waals surface area contributed by atoms with Gasteiger partial charge in [-0.15, -0.1) is 0 Å². The van der Waals surface area contributed by atoms with E-state index in [2.05, 4.69) is 31.8 Å². The SMILES string of the molecule is CC(C)(C)C1=CCN(C(=O)c2cc(Cl)ncc2Cl)CC1. The van der Waals surface area contributed by atoms with Gasteiger partial charge in [0.1, 0.15) is 5.15 Å². The van der Waals surface area contributed by atoms with Crippen molar-refractivity contribution in [2.24, 2.45) is 5.41 Å². The molecular weight excluding hydrogens is 295 g/mol. The van der Waals surface area contributed by atoms with Gasteiger partial charge in [0.15, 0.2) is 0 Å². The summed E-state index contributed by atoms with van der Waals surface area (Å²) in [7, 11) is 0. The van der Waals surface area contributed by atoms with Crippen LogP contribution >= 0.6 is 23.2 Å². The molecule has 108 valence electrons. The number of aromatic nitrogens is 1. The minimum absolute atomic E-state index is 0.0940. The van der Waals surface area contributed by atoms with E-state index in [1.54, 1.807) is 4.90 Å². The topological polar surface area (TPSA) is 33.2 Å². The van der Waals surface area contributed by atoms with Crippen LogP contribution < -0.4 is 0 Å². The van der Waals surface area contributed by atoms with E-state index in [1.165, 1.54) is 17.8 Å². The minimum Gasteiger partial charge on any atom is -0.335 e. The second-order valence-corrected chi connectivity index (χ2v) is 6.76. The van der Waals surface area contributed by atoms with E-state index < -0.39 is 0 Å². The highest BCUT2D eigenvalue weighted by atomic mass is 35.5. The predicted octanol–water partition coefficient (Wildman–Crippen LogP) is 4.21. The lowest BCUT2D eigenvalue weighted by Crippen LogP contribution is -2.36. The van der Waals surface area contributed by atoms with E-state index in [0.29, 0.717) is 23.7 Å². The lowest BCUT2D eigenvalue weighted by molar-refractivity contribution is 0.0765. The smallest absolute Gasteiger partial charge is 0.255 e. The molecule has 0 aromatic carbocycles. The second-order valence-electron chi connectivity index (χ2n) is 5.97. The Morgan fingerprint density at radius 2 is 2.05 bits per heavy atom. The molecule has 0 radical (unpaired) electrons. The lowest BCUT2D eigenvalue weighted by atomic mass is 9.83. The van der Waals surface area contributed by atoms with E-state index in [1.807, 2.05) is 0 Å². The van der Waals surface area contributed by atoms with Crippen molar-refractivity contribution in [2.75, 3.05) is 13.1 Å². The fourth-order valence-electron chi connectivity index (χ4n) is 2.28. The Morgan fingerprint density at radius 3 is 2.60 bits per heavy atom. The maximum Gasteiger partial charge on any atom is 0.255 e. The maximum absolute atomic E-state index is 12.5. The van der Waals surface area contributed by atoms with Crippen LogP contribution in [0.15, 0.2) is 23.9 Å². The average Bonchev–Trinajstić information content (AvgIpc) is 2.40. The predicted molar refractivity (Wildman–Crippen MR) is 82.3 cm³/mol. The summed E-state index contributed by atoms with van der Waals surface area (Å²) in [6.45, 7) is 7.89. The zero-order valence-electron chi connectivity index (χ0n) is 11.9. The molecule has 0 saturated heterocycles. The van der Waals surface area contributed by atoms with Crippen LogP contribution in [-0.4, -0.2) is 28.9 Å². The summed E-state index contributed by atoms with van der Waals surface area (Å²) >= 11 is 11.9. The number of carbonyl (C=O) groups excluding carboxylic acids is 1. The summed E-state index contributed by atoms with van der Waals surface area (Å²) in [5, 5.41) is 0.616. The summed E-state index contributed by atoms with van der Waals surface area (Å²) < 4.78 is 0. The molecule has 0 N–H and O–H groups in total. The molecule has 0 bridgehead atoms. The van der Waals surface area contributed by atoms with E-state index in [4.69, 9.17) is 23.2 Å². The third-order valence-corrected chi connectivity index (χ3v) is 4.02. The maximum atomic E-state index is 12.5. The molecule has 1 aromatic rings. The first kappa shape index (κ1) is 15.3. The van der Waals surface area contributed by atoms with Gasteiger partial charge in [0.05, 0.1) is 10.6 Å². The number of rotatable bonds is 1. The Morgan fingerprint density at radius 1 is 1.35 bits per heavy atom. The summed E-state index contributed by atoms with van der Waals surface area (Å²) in [4.78, 5) is 18.1. The number of hydrogen-bond donors (Lipinski definition) is 0. The molecule has 2 heterocycles. The number of halogens is 2. The molecule has 5 heteroatoms. The molecule has 1 aliphatic heterocycles. The number of amides is 1. The highest BCUT2D eigenvalue weighted by Gasteiger charge is 2.25. The van der Waals surface area contributed by atoms with Gasteiger partial charge in [-0.3, -0.25) is 4.79 Å². The van der Waals surface area contributed by atoms with Crippen molar-refractivity contribution in [3.05, 3.63) is 39.7 Å². The van der Waals surface area contributed by atoms with Crippen LogP contribution in [0.4, 0.5) is 0 Å². The Hall–Kier alpha value is -1.06. The van der Waals surface area contributed by atoms with Crippen LogP contribution in [0.3, 0.4) is 0 Å². The molecule has 0 saturated carbocycles. The van der Waals surface area contributed by atoms with E-state index in [-0.39, 0.29) is 16.5 Å². The van der Waals surface area contributed by atoms with Gasteiger partial charge in [0.25, 0.3) is 5.91 Å². The molecule has 1 aromatic heterocycles. The van der Waals surface area contributed by atoms with Crippen LogP contribution in [0.1, 0.15) is 37.6 Å². The van der Waals surface area contributed by atoms with Crippen molar-refractivity contribution >= 4 is 29.1 Å². The fraction of sp³-hybridized carbons (Fsp3) is 0.467. The largest absolute Gasteiger partial charge is 0.335 e. The van der Waals surface area contributed by atoms with Crippen LogP contribution in [-0.2, 0) is 0 Å².